The summed E-state index contributed by atoms with van der Waals surface area (Å²) in [6, 6.07) is 5.28. The molecule has 1 saturated heterocycles. The molecule has 11 nitrogen and oxygen atoms in total. The number of aliphatic hydroxyl groups is 2. The number of hydrogen-bond donors (Lipinski definition) is 4. The third-order valence-electron chi connectivity index (χ3n) is 6.78. The second-order valence-electron chi connectivity index (χ2n) is 8.79. The Balaban J connectivity index is 1.41. The van der Waals surface area contributed by atoms with Crippen molar-refractivity contribution in [2.45, 2.75) is 37.1 Å². The minimum atomic E-state index is -0.594. The third kappa shape index (κ3) is 3.23. The number of nitrogens with one attached hydrogen (secondary N) is 2. The first-order chi connectivity index (χ1) is 16.5. The van der Waals surface area contributed by atoms with Gasteiger partial charge in [0.1, 0.15) is 23.3 Å². The van der Waals surface area contributed by atoms with E-state index < -0.39 is 12.2 Å². The lowest BCUT2D eigenvalue weighted by Crippen LogP contribution is -2.50. The van der Waals surface area contributed by atoms with Gasteiger partial charge >= 0.3 is 0 Å². The summed E-state index contributed by atoms with van der Waals surface area (Å²) in [5.41, 5.74) is 3.06. The predicted molar refractivity (Wildman–Crippen MR) is 123 cm³/mol. The summed E-state index contributed by atoms with van der Waals surface area (Å²) in [5, 5.41) is 30.5. The number of carbonyl (C=O) groups excluding carboxylic acids is 1. The summed E-state index contributed by atoms with van der Waals surface area (Å²) < 4.78 is 8.96. The number of rotatable bonds is 5. The minimum absolute atomic E-state index is 0.207. The molecule has 0 spiro atoms. The zero-order valence-electron chi connectivity index (χ0n) is 18.5. The van der Waals surface area contributed by atoms with Crippen molar-refractivity contribution in [1.29, 1.82) is 0 Å². The number of aromatic nitrogens is 5. The predicted octanol–water partition coefficient (Wildman–Crippen LogP) is 0.925. The molecule has 4 aliphatic rings. The molecule has 3 aliphatic heterocycles. The van der Waals surface area contributed by atoms with Crippen LogP contribution in [0.2, 0.25) is 0 Å². The highest BCUT2D eigenvalue weighted by Crippen LogP contribution is 2.36. The average Bonchev–Trinajstić information content (AvgIpc) is 3.58. The molecule has 176 valence electrons. The Bertz CT molecular complexity index is 1350. The van der Waals surface area contributed by atoms with Gasteiger partial charge in [-0.15, -0.1) is 0 Å². The summed E-state index contributed by atoms with van der Waals surface area (Å²) in [6.45, 7) is 0.723. The number of nitrogens with zero attached hydrogens (tertiary/aromatic N) is 5. The summed E-state index contributed by atoms with van der Waals surface area (Å²) in [5.74, 6) is 1.08. The Hall–Kier alpha value is -3.54. The van der Waals surface area contributed by atoms with E-state index in [1.54, 1.807) is 17.8 Å². The second-order valence-corrected chi connectivity index (χ2v) is 8.79. The molecule has 0 bridgehead atoms. The fourth-order valence-electron chi connectivity index (χ4n) is 4.66. The van der Waals surface area contributed by atoms with Crippen molar-refractivity contribution >= 4 is 17.4 Å². The van der Waals surface area contributed by atoms with Crippen molar-refractivity contribution in [2.24, 2.45) is 0 Å². The lowest BCUT2D eigenvalue weighted by Gasteiger charge is -2.32. The van der Waals surface area contributed by atoms with E-state index in [4.69, 9.17) is 9.72 Å². The molecule has 2 aromatic heterocycles. The normalized spacial score (nSPS) is 24.4. The molecule has 6 rings (SSSR count). The lowest BCUT2D eigenvalue weighted by molar-refractivity contribution is 0.0448. The number of fused-ring (bicyclic) bond motifs is 2. The van der Waals surface area contributed by atoms with E-state index in [-0.39, 0.29) is 18.0 Å². The SMILES string of the molecule is CNc1cc(-c2cnc3n([C@H]4COC[C@@H]4O)cccc2-3)nc2c(C(=O)NC3CCC3O)cnn12. The molecule has 1 aliphatic carbocycles. The molecule has 4 atom stereocenters. The van der Waals surface area contributed by atoms with E-state index >= 15 is 0 Å². The van der Waals surface area contributed by atoms with E-state index in [1.165, 1.54) is 6.20 Å². The second kappa shape index (κ2) is 8.05. The zero-order valence-corrected chi connectivity index (χ0v) is 18.5. The van der Waals surface area contributed by atoms with Crippen molar-refractivity contribution in [3.05, 3.63) is 42.4 Å². The molecule has 4 N–H and O–H groups in total. The molecule has 2 unspecified atom stereocenters. The van der Waals surface area contributed by atoms with Gasteiger partial charge in [-0.3, -0.25) is 4.79 Å². The summed E-state index contributed by atoms with van der Waals surface area (Å²) >= 11 is 0. The van der Waals surface area contributed by atoms with Gasteiger partial charge in [-0.1, -0.05) is 0 Å². The number of pyridine rings is 1. The van der Waals surface area contributed by atoms with E-state index in [0.717, 1.165) is 23.4 Å². The first-order valence-electron chi connectivity index (χ1n) is 11.3. The molecule has 0 aromatic carbocycles. The maximum absolute atomic E-state index is 12.9. The topological polar surface area (TPSA) is 139 Å². The molecule has 2 aromatic rings. The van der Waals surface area contributed by atoms with Crippen LogP contribution >= 0.6 is 0 Å². The van der Waals surface area contributed by atoms with Gasteiger partial charge in [0.05, 0.1) is 43.3 Å². The molecule has 11 heteroatoms. The standard InChI is InChI=1S/C23H25N7O4/c1-24-20-7-16(27-22-14(9-26-30(20)22)23(33)28-15-4-5-18(15)31)13-8-25-21-12(13)3-2-6-29(21)17-10-34-11-19(17)32/h2-3,6-9,15,17-19,24,31-32H,4-5,10-11H2,1H3,(H,28,33)/t15?,17-,18?,19-/m0/s1. The maximum atomic E-state index is 12.9. The van der Waals surface area contributed by atoms with Crippen molar-refractivity contribution in [3.63, 3.8) is 0 Å². The van der Waals surface area contributed by atoms with Crippen LogP contribution in [0.4, 0.5) is 5.82 Å². The number of carbonyl (C=O) groups is 1. The van der Waals surface area contributed by atoms with Crippen molar-refractivity contribution in [3.8, 4) is 22.6 Å². The van der Waals surface area contributed by atoms with Crippen LogP contribution in [0.15, 0.2) is 36.8 Å². The van der Waals surface area contributed by atoms with Gasteiger partial charge in [0, 0.05) is 36.6 Å². The Morgan fingerprint density at radius 3 is 2.76 bits per heavy atom. The number of anilines is 1. The highest BCUT2D eigenvalue weighted by atomic mass is 16.5. The molecule has 1 saturated carbocycles. The van der Waals surface area contributed by atoms with Gasteiger partial charge in [-0.2, -0.15) is 9.61 Å². The zero-order chi connectivity index (χ0) is 23.4. The van der Waals surface area contributed by atoms with Crippen molar-refractivity contribution in [1.82, 2.24) is 29.5 Å². The van der Waals surface area contributed by atoms with Crippen LogP contribution in [0.3, 0.4) is 0 Å². The maximum Gasteiger partial charge on any atom is 0.257 e. The van der Waals surface area contributed by atoms with Crippen LogP contribution in [0.5, 0.6) is 0 Å². The number of ether oxygens (including phenoxy) is 1. The largest absolute Gasteiger partial charge is 0.391 e. The van der Waals surface area contributed by atoms with Crippen LogP contribution in [0.25, 0.3) is 28.3 Å². The summed E-state index contributed by atoms with van der Waals surface area (Å²) in [4.78, 5) is 22.3. The Kier molecular flexibility index (Phi) is 4.97. The molecular formula is C23H25N7O4. The highest BCUT2D eigenvalue weighted by Gasteiger charge is 2.32. The first-order valence-corrected chi connectivity index (χ1v) is 11.3. The number of aliphatic hydroxyl groups excluding tert-OH is 2. The molecule has 34 heavy (non-hydrogen) atoms. The quantitative estimate of drug-likeness (QED) is 0.343. The summed E-state index contributed by atoms with van der Waals surface area (Å²) in [6.07, 6.45) is 5.46. The Labute approximate surface area is 194 Å². The lowest BCUT2D eigenvalue weighted by atomic mass is 9.89. The molecule has 5 heterocycles. The molecule has 0 radical (unpaired) electrons. The fraction of sp³-hybridized carbons (Fsp3) is 0.391. The van der Waals surface area contributed by atoms with Crippen LogP contribution in [0, 0.1) is 0 Å². The first kappa shape index (κ1) is 21.0. The smallest absolute Gasteiger partial charge is 0.257 e. The van der Waals surface area contributed by atoms with Gasteiger partial charge in [0.25, 0.3) is 5.91 Å². The summed E-state index contributed by atoms with van der Waals surface area (Å²) in [7, 11) is 1.78. The third-order valence-corrected chi connectivity index (χ3v) is 6.78. The van der Waals surface area contributed by atoms with Gasteiger partial charge in [0.2, 0.25) is 0 Å². The van der Waals surface area contributed by atoms with Crippen LogP contribution < -0.4 is 10.6 Å². The minimum Gasteiger partial charge on any atom is -0.391 e. The highest BCUT2D eigenvalue weighted by molar-refractivity contribution is 6.00. The van der Waals surface area contributed by atoms with Gasteiger partial charge in [-0.25, -0.2) is 9.97 Å². The van der Waals surface area contributed by atoms with Gasteiger partial charge in [0.15, 0.2) is 5.65 Å². The Morgan fingerprint density at radius 1 is 1.18 bits per heavy atom. The van der Waals surface area contributed by atoms with E-state index in [1.807, 2.05) is 29.0 Å². The van der Waals surface area contributed by atoms with Crippen molar-refractivity contribution < 1.29 is 19.7 Å². The molecule has 1 amide bonds. The number of hydrogen-bond acceptors (Lipinski definition) is 8. The monoisotopic (exact) mass is 463 g/mol. The van der Waals surface area contributed by atoms with E-state index in [0.29, 0.717) is 42.4 Å². The molecular weight excluding hydrogens is 438 g/mol. The van der Waals surface area contributed by atoms with Crippen LogP contribution in [-0.4, -0.2) is 78.8 Å². The van der Waals surface area contributed by atoms with E-state index in [9.17, 15) is 15.0 Å². The fourth-order valence-corrected chi connectivity index (χ4v) is 4.66. The van der Waals surface area contributed by atoms with Crippen LogP contribution in [0.1, 0.15) is 29.2 Å². The molecule has 2 fully saturated rings. The number of amides is 1. The van der Waals surface area contributed by atoms with Crippen LogP contribution in [-0.2, 0) is 4.74 Å². The van der Waals surface area contributed by atoms with Gasteiger partial charge < -0.3 is 30.2 Å². The average molecular weight is 463 g/mol. The Morgan fingerprint density at radius 2 is 2.06 bits per heavy atom. The van der Waals surface area contributed by atoms with Gasteiger partial charge in [-0.05, 0) is 25.0 Å². The van der Waals surface area contributed by atoms with E-state index in [2.05, 4.69) is 20.7 Å². The van der Waals surface area contributed by atoms with Crippen molar-refractivity contribution in [2.75, 3.05) is 25.6 Å².